The molecule has 0 fully saturated rings. The first-order valence-electron chi connectivity index (χ1n) is 7.50. The minimum Gasteiger partial charge on any atom is -0.375 e. The Kier molecular flexibility index (Phi) is 4.87. The van der Waals surface area contributed by atoms with E-state index in [0.29, 0.717) is 10.8 Å². The van der Waals surface area contributed by atoms with Crippen molar-refractivity contribution < 1.29 is 4.79 Å². The molecule has 0 aliphatic heterocycles. The number of rotatable bonds is 5. The van der Waals surface area contributed by atoms with Crippen molar-refractivity contribution in [3.8, 4) is 0 Å². The van der Waals surface area contributed by atoms with Crippen LogP contribution in [0.5, 0.6) is 0 Å². The molecule has 7 heteroatoms. The largest absolute Gasteiger partial charge is 0.375 e. The molecule has 0 saturated heterocycles. The van der Waals surface area contributed by atoms with Gasteiger partial charge >= 0.3 is 0 Å². The predicted molar refractivity (Wildman–Crippen MR) is 101 cm³/mol. The second-order valence-corrected chi connectivity index (χ2v) is 6.46. The smallest absolute Gasteiger partial charge is 0.248 e. The Hall–Kier alpha value is -2.31. The molecular weight excluding hydrogens is 344 g/mol. The SMILES string of the molecule is CCN(C)c1cccc(NC(=O)/C=C/c2c(Cl)nc3sccn23)c1. The standard InChI is InChI=1S/C17H17ClN4OS/c1-3-21(2)13-6-4-5-12(11-13)19-15(23)8-7-14-16(18)20-17-22(14)9-10-24-17/h4-11H,3H2,1-2H3,(H,19,23)/b8-7+. The Balaban J connectivity index is 1.74. The average Bonchev–Trinajstić information content (AvgIpc) is 3.13. The van der Waals surface area contributed by atoms with Gasteiger partial charge in [0, 0.05) is 42.6 Å². The molecule has 1 aromatic carbocycles. The van der Waals surface area contributed by atoms with Gasteiger partial charge in [0.1, 0.15) is 0 Å². The number of nitrogens with one attached hydrogen (secondary N) is 1. The zero-order valence-corrected chi connectivity index (χ0v) is 14.9. The molecule has 3 rings (SSSR count). The van der Waals surface area contributed by atoms with Crippen molar-refractivity contribution in [2.24, 2.45) is 0 Å². The van der Waals surface area contributed by atoms with E-state index in [2.05, 4.69) is 22.1 Å². The van der Waals surface area contributed by atoms with Crippen LogP contribution >= 0.6 is 22.9 Å². The Morgan fingerprint density at radius 2 is 2.33 bits per heavy atom. The molecule has 1 amide bonds. The Bertz CT molecular complexity index is 899. The number of anilines is 2. The van der Waals surface area contributed by atoms with E-state index in [4.69, 9.17) is 11.6 Å². The highest BCUT2D eigenvalue weighted by Gasteiger charge is 2.09. The number of nitrogens with zero attached hydrogens (tertiary/aromatic N) is 3. The third-order valence-corrected chi connectivity index (χ3v) is 4.71. The number of halogens is 1. The lowest BCUT2D eigenvalue weighted by Gasteiger charge is -2.17. The fourth-order valence-corrected chi connectivity index (χ4v) is 3.27. The lowest BCUT2D eigenvalue weighted by Crippen LogP contribution is -2.16. The second kappa shape index (κ2) is 7.07. The van der Waals surface area contributed by atoms with Gasteiger partial charge in [0.05, 0.1) is 5.69 Å². The first kappa shape index (κ1) is 16.5. The number of benzene rings is 1. The summed E-state index contributed by atoms with van der Waals surface area (Å²) in [5, 5.41) is 5.17. The highest BCUT2D eigenvalue weighted by Crippen LogP contribution is 2.22. The van der Waals surface area contributed by atoms with Gasteiger partial charge in [-0.15, -0.1) is 11.3 Å². The van der Waals surface area contributed by atoms with Crippen LogP contribution in [0, 0.1) is 0 Å². The summed E-state index contributed by atoms with van der Waals surface area (Å²) in [6, 6.07) is 7.73. The second-order valence-electron chi connectivity index (χ2n) is 5.23. The van der Waals surface area contributed by atoms with Crippen LogP contribution in [0.3, 0.4) is 0 Å². The molecule has 124 valence electrons. The van der Waals surface area contributed by atoms with Crippen molar-refractivity contribution in [1.82, 2.24) is 9.38 Å². The Morgan fingerprint density at radius 3 is 3.12 bits per heavy atom. The third-order valence-electron chi connectivity index (χ3n) is 3.68. The summed E-state index contributed by atoms with van der Waals surface area (Å²) in [5.74, 6) is -0.215. The first-order valence-corrected chi connectivity index (χ1v) is 8.75. The summed E-state index contributed by atoms with van der Waals surface area (Å²) >= 11 is 7.60. The van der Waals surface area contributed by atoms with Gasteiger partial charge in [-0.1, -0.05) is 17.7 Å². The van der Waals surface area contributed by atoms with E-state index in [1.54, 1.807) is 6.08 Å². The summed E-state index contributed by atoms with van der Waals surface area (Å²) in [6.07, 6.45) is 5.01. The number of amides is 1. The van der Waals surface area contributed by atoms with Gasteiger partial charge in [0.2, 0.25) is 5.91 Å². The van der Waals surface area contributed by atoms with Crippen molar-refractivity contribution >= 4 is 51.3 Å². The van der Waals surface area contributed by atoms with Crippen LogP contribution in [0.2, 0.25) is 5.15 Å². The number of imidazole rings is 1. The predicted octanol–water partition coefficient (Wildman–Crippen LogP) is 4.16. The summed E-state index contributed by atoms with van der Waals surface area (Å²) in [4.78, 5) is 19.3. The van der Waals surface area contributed by atoms with E-state index in [1.807, 2.05) is 47.3 Å². The monoisotopic (exact) mass is 360 g/mol. The summed E-state index contributed by atoms with van der Waals surface area (Å²) in [7, 11) is 2.01. The quantitative estimate of drug-likeness (QED) is 0.695. The molecule has 0 aliphatic rings. The van der Waals surface area contributed by atoms with Crippen molar-refractivity contribution in [1.29, 1.82) is 0 Å². The van der Waals surface area contributed by atoms with Gasteiger partial charge in [0.25, 0.3) is 0 Å². The molecular formula is C17H17ClN4OS. The van der Waals surface area contributed by atoms with Gasteiger partial charge in [-0.25, -0.2) is 4.98 Å². The minimum absolute atomic E-state index is 0.215. The summed E-state index contributed by atoms with van der Waals surface area (Å²) in [5.41, 5.74) is 2.50. The average molecular weight is 361 g/mol. The topological polar surface area (TPSA) is 49.6 Å². The maximum absolute atomic E-state index is 12.2. The van der Waals surface area contributed by atoms with Crippen molar-refractivity contribution in [3.63, 3.8) is 0 Å². The number of carbonyl (C=O) groups excluding carboxylic acids is 1. The molecule has 0 unspecified atom stereocenters. The fraction of sp³-hybridized carbons (Fsp3) is 0.176. The van der Waals surface area contributed by atoms with E-state index in [0.717, 1.165) is 22.9 Å². The number of aromatic nitrogens is 2. The number of thiazole rings is 1. The van der Waals surface area contributed by atoms with E-state index >= 15 is 0 Å². The molecule has 0 radical (unpaired) electrons. The van der Waals surface area contributed by atoms with Gasteiger partial charge < -0.3 is 10.2 Å². The van der Waals surface area contributed by atoms with Crippen LogP contribution in [0.25, 0.3) is 11.0 Å². The van der Waals surface area contributed by atoms with Crippen LogP contribution in [-0.2, 0) is 4.79 Å². The Morgan fingerprint density at radius 1 is 1.50 bits per heavy atom. The van der Waals surface area contributed by atoms with Crippen molar-refractivity contribution in [2.45, 2.75) is 6.92 Å². The molecule has 0 bridgehead atoms. The molecule has 2 aromatic heterocycles. The van der Waals surface area contributed by atoms with Crippen molar-refractivity contribution in [2.75, 3.05) is 23.8 Å². The summed E-state index contributed by atoms with van der Waals surface area (Å²) < 4.78 is 1.85. The van der Waals surface area contributed by atoms with Gasteiger partial charge in [-0.3, -0.25) is 9.20 Å². The maximum Gasteiger partial charge on any atom is 0.248 e. The zero-order chi connectivity index (χ0) is 17.1. The van der Waals surface area contributed by atoms with Gasteiger partial charge in [-0.2, -0.15) is 0 Å². The van der Waals surface area contributed by atoms with Crippen LogP contribution in [0.15, 0.2) is 41.9 Å². The fourth-order valence-electron chi connectivity index (χ4n) is 2.27. The lowest BCUT2D eigenvalue weighted by molar-refractivity contribution is -0.111. The molecule has 0 spiro atoms. The number of fused-ring (bicyclic) bond motifs is 1. The van der Waals surface area contributed by atoms with Crippen LogP contribution in [0.4, 0.5) is 11.4 Å². The molecule has 0 saturated carbocycles. The lowest BCUT2D eigenvalue weighted by atomic mass is 10.2. The molecule has 24 heavy (non-hydrogen) atoms. The molecule has 5 nitrogen and oxygen atoms in total. The van der Waals surface area contributed by atoms with Gasteiger partial charge in [-0.05, 0) is 31.2 Å². The van der Waals surface area contributed by atoms with Crippen LogP contribution in [-0.4, -0.2) is 28.9 Å². The van der Waals surface area contributed by atoms with Crippen molar-refractivity contribution in [3.05, 3.63) is 52.8 Å². The maximum atomic E-state index is 12.2. The molecule has 2 heterocycles. The number of carbonyl (C=O) groups is 1. The zero-order valence-electron chi connectivity index (χ0n) is 13.4. The highest BCUT2D eigenvalue weighted by molar-refractivity contribution is 7.15. The Labute approximate surface area is 149 Å². The molecule has 3 aromatic rings. The molecule has 0 aliphatic carbocycles. The first-order chi connectivity index (χ1) is 11.6. The number of hydrogen-bond acceptors (Lipinski definition) is 4. The van der Waals surface area contributed by atoms with E-state index in [-0.39, 0.29) is 5.91 Å². The summed E-state index contributed by atoms with van der Waals surface area (Å²) in [6.45, 7) is 2.97. The van der Waals surface area contributed by atoms with Crippen LogP contribution < -0.4 is 10.2 Å². The van der Waals surface area contributed by atoms with E-state index < -0.39 is 0 Å². The highest BCUT2D eigenvalue weighted by atomic mass is 35.5. The van der Waals surface area contributed by atoms with E-state index in [9.17, 15) is 4.79 Å². The van der Waals surface area contributed by atoms with E-state index in [1.165, 1.54) is 17.4 Å². The normalized spacial score (nSPS) is 11.3. The van der Waals surface area contributed by atoms with Crippen LogP contribution in [0.1, 0.15) is 12.6 Å². The third kappa shape index (κ3) is 3.44. The molecule has 0 atom stereocenters. The minimum atomic E-state index is -0.215. The molecule has 1 N–H and O–H groups in total. The number of hydrogen-bond donors (Lipinski definition) is 1. The van der Waals surface area contributed by atoms with Gasteiger partial charge in [0.15, 0.2) is 10.1 Å².